The maximum atomic E-state index is 12.7. The number of anilines is 1. The van der Waals surface area contributed by atoms with Crippen molar-refractivity contribution in [3.8, 4) is 34.5 Å². The summed E-state index contributed by atoms with van der Waals surface area (Å²) in [6.45, 7) is 0. The first-order valence-corrected chi connectivity index (χ1v) is 13.0. The Hall–Kier alpha value is -4.77. The number of ether oxygens (including phenoxy) is 4. The third kappa shape index (κ3) is 7.00. The molecule has 1 heterocycles. The van der Waals surface area contributed by atoms with Gasteiger partial charge in [0.1, 0.15) is 5.75 Å². The number of methoxy groups -OCH3 is 4. The number of carbonyl (C=O) groups excluding carboxylic acids is 2. The highest BCUT2D eigenvalue weighted by molar-refractivity contribution is 7.99. The summed E-state index contributed by atoms with van der Waals surface area (Å²) in [5.74, 6) is 2.14. The zero-order valence-corrected chi connectivity index (χ0v) is 23.1. The summed E-state index contributed by atoms with van der Waals surface area (Å²) in [6.07, 6.45) is 3.12. The van der Waals surface area contributed by atoms with Crippen LogP contribution in [0.5, 0.6) is 23.0 Å². The van der Waals surface area contributed by atoms with Gasteiger partial charge in [-0.1, -0.05) is 17.8 Å². The number of thioether (sulfide) groups is 1. The van der Waals surface area contributed by atoms with Gasteiger partial charge in [-0.05, 0) is 72.3 Å². The highest BCUT2D eigenvalue weighted by Crippen LogP contribution is 2.38. The molecule has 0 fully saturated rings. The topological polar surface area (TPSA) is 122 Å². The Morgan fingerprint density at radius 1 is 0.875 bits per heavy atom. The average Bonchev–Trinajstić information content (AvgIpc) is 3.47. The van der Waals surface area contributed by atoms with E-state index in [1.807, 2.05) is 12.1 Å². The molecule has 11 heteroatoms. The van der Waals surface area contributed by atoms with Gasteiger partial charge < -0.3 is 28.7 Å². The third-order valence-corrected chi connectivity index (χ3v) is 6.46. The van der Waals surface area contributed by atoms with Crippen LogP contribution in [-0.2, 0) is 4.79 Å². The summed E-state index contributed by atoms with van der Waals surface area (Å²) in [5, 5.41) is 11.1. The van der Waals surface area contributed by atoms with Crippen LogP contribution in [0, 0.1) is 0 Å². The Kier molecular flexibility index (Phi) is 9.42. The first kappa shape index (κ1) is 28.2. The van der Waals surface area contributed by atoms with Crippen molar-refractivity contribution in [2.75, 3.05) is 39.5 Å². The van der Waals surface area contributed by atoms with Crippen LogP contribution in [0.4, 0.5) is 5.69 Å². The number of nitrogens with zero attached hydrogens (tertiary/aromatic N) is 2. The first-order chi connectivity index (χ1) is 19.4. The quantitative estimate of drug-likeness (QED) is 0.137. The second-order valence-corrected chi connectivity index (χ2v) is 9.10. The van der Waals surface area contributed by atoms with E-state index >= 15 is 0 Å². The van der Waals surface area contributed by atoms with E-state index in [1.54, 1.807) is 61.7 Å². The number of hydrogen-bond acceptors (Lipinski definition) is 10. The van der Waals surface area contributed by atoms with Gasteiger partial charge in [-0.2, -0.15) is 0 Å². The smallest absolute Gasteiger partial charge is 0.277 e. The predicted molar refractivity (Wildman–Crippen MR) is 152 cm³/mol. The van der Waals surface area contributed by atoms with Gasteiger partial charge in [0, 0.05) is 16.8 Å². The maximum absolute atomic E-state index is 12.7. The lowest BCUT2D eigenvalue weighted by Crippen LogP contribution is -2.14. The van der Waals surface area contributed by atoms with E-state index in [0.717, 1.165) is 23.1 Å². The molecule has 0 aliphatic carbocycles. The van der Waals surface area contributed by atoms with Gasteiger partial charge in [0.15, 0.2) is 17.3 Å². The molecule has 0 saturated heterocycles. The minimum atomic E-state index is -0.254. The molecular weight excluding hydrogens is 534 g/mol. The van der Waals surface area contributed by atoms with Crippen molar-refractivity contribution in [1.29, 1.82) is 0 Å². The highest BCUT2D eigenvalue weighted by atomic mass is 32.2. The molecule has 0 saturated carbocycles. The molecule has 3 aromatic carbocycles. The maximum Gasteiger partial charge on any atom is 0.277 e. The summed E-state index contributed by atoms with van der Waals surface area (Å²) in [5.41, 5.74) is 2.48. The summed E-state index contributed by atoms with van der Waals surface area (Å²) in [7, 11) is 6.17. The number of amides is 1. The van der Waals surface area contributed by atoms with Crippen LogP contribution in [0.15, 0.2) is 76.4 Å². The Labute approximate surface area is 235 Å². The summed E-state index contributed by atoms with van der Waals surface area (Å²) in [4.78, 5) is 25.1. The van der Waals surface area contributed by atoms with Gasteiger partial charge in [-0.15, -0.1) is 10.2 Å². The van der Waals surface area contributed by atoms with Crippen molar-refractivity contribution in [2.24, 2.45) is 0 Å². The molecule has 1 amide bonds. The molecule has 10 nitrogen and oxygen atoms in total. The van der Waals surface area contributed by atoms with Crippen LogP contribution in [-0.4, -0.2) is 56.1 Å². The molecule has 0 bridgehead atoms. The lowest BCUT2D eigenvalue weighted by Gasteiger charge is -2.12. The van der Waals surface area contributed by atoms with Gasteiger partial charge in [-0.25, -0.2) is 0 Å². The molecule has 4 aromatic rings. The molecule has 1 N–H and O–H groups in total. The van der Waals surface area contributed by atoms with E-state index in [4.69, 9.17) is 23.4 Å². The normalized spacial score (nSPS) is 10.8. The SMILES string of the molecule is COc1ccc(-c2nnc(SCC(=O)Nc3ccc(C(=O)/C=C/c4cc(OC)c(OC)c(OC)c4)cc3)o2)cc1. The lowest BCUT2D eigenvalue weighted by molar-refractivity contribution is -0.113. The van der Waals surface area contributed by atoms with Gasteiger partial charge in [-0.3, -0.25) is 9.59 Å². The van der Waals surface area contributed by atoms with Gasteiger partial charge in [0.2, 0.25) is 17.5 Å². The number of hydrogen-bond donors (Lipinski definition) is 1. The Morgan fingerprint density at radius 2 is 1.55 bits per heavy atom. The molecule has 0 radical (unpaired) electrons. The average molecular weight is 562 g/mol. The van der Waals surface area contributed by atoms with Crippen molar-refractivity contribution >= 4 is 35.2 Å². The van der Waals surface area contributed by atoms with E-state index in [-0.39, 0.29) is 22.7 Å². The standard InChI is InChI=1S/C29H27N3O7S/c1-35-22-12-8-20(9-13-22)28-31-32-29(39-28)40-17-26(34)30-21-10-6-19(7-11-21)23(33)14-5-18-15-24(36-2)27(38-4)25(16-18)37-3/h5-16H,17H2,1-4H3,(H,30,34)/b14-5+. The van der Waals surface area contributed by atoms with Crippen LogP contribution in [0.25, 0.3) is 17.5 Å². The fourth-order valence-electron chi connectivity index (χ4n) is 3.63. The molecule has 0 spiro atoms. The fourth-order valence-corrected chi connectivity index (χ4v) is 4.19. The largest absolute Gasteiger partial charge is 0.497 e. The number of aromatic nitrogens is 2. The Bertz CT molecular complexity index is 1470. The van der Waals surface area contributed by atoms with Crippen LogP contribution in [0.3, 0.4) is 0 Å². The highest BCUT2D eigenvalue weighted by Gasteiger charge is 2.14. The number of nitrogens with one attached hydrogen (secondary N) is 1. The summed E-state index contributed by atoms with van der Waals surface area (Å²) in [6, 6.07) is 17.3. The summed E-state index contributed by atoms with van der Waals surface area (Å²) >= 11 is 1.12. The second-order valence-electron chi connectivity index (χ2n) is 8.17. The fraction of sp³-hybridized carbons (Fsp3) is 0.172. The minimum Gasteiger partial charge on any atom is -0.497 e. The Morgan fingerprint density at radius 3 is 2.15 bits per heavy atom. The number of benzene rings is 3. The van der Waals surface area contributed by atoms with Gasteiger partial charge >= 0.3 is 0 Å². The number of allylic oxidation sites excluding steroid dienone is 1. The zero-order chi connectivity index (χ0) is 28.5. The molecule has 0 aliphatic heterocycles. The zero-order valence-electron chi connectivity index (χ0n) is 22.3. The summed E-state index contributed by atoms with van der Waals surface area (Å²) < 4.78 is 26.8. The molecule has 0 atom stereocenters. The van der Waals surface area contributed by atoms with Crippen LogP contribution in [0.2, 0.25) is 0 Å². The van der Waals surface area contributed by atoms with Crippen LogP contribution >= 0.6 is 11.8 Å². The molecule has 0 unspecified atom stereocenters. The van der Waals surface area contributed by atoms with Crippen LogP contribution in [0.1, 0.15) is 15.9 Å². The minimum absolute atomic E-state index is 0.0719. The van der Waals surface area contributed by atoms with Crippen molar-refractivity contribution < 1.29 is 33.0 Å². The Balaban J connectivity index is 1.31. The van der Waals surface area contributed by atoms with Gasteiger partial charge in [0.05, 0.1) is 34.2 Å². The molecule has 40 heavy (non-hydrogen) atoms. The predicted octanol–water partition coefficient (Wildman–Crippen LogP) is 5.40. The van der Waals surface area contributed by atoms with Crippen molar-refractivity contribution in [2.45, 2.75) is 5.22 Å². The first-order valence-electron chi connectivity index (χ1n) is 12.0. The van der Waals surface area contributed by atoms with E-state index in [9.17, 15) is 9.59 Å². The number of carbonyl (C=O) groups is 2. The van der Waals surface area contributed by atoms with E-state index in [2.05, 4.69) is 15.5 Å². The van der Waals surface area contributed by atoms with Gasteiger partial charge in [0.25, 0.3) is 5.22 Å². The molecule has 206 valence electrons. The van der Waals surface area contributed by atoms with Crippen LogP contribution < -0.4 is 24.3 Å². The second kappa shape index (κ2) is 13.3. The number of rotatable bonds is 12. The van der Waals surface area contributed by atoms with E-state index in [1.165, 1.54) is 27.4 Å². The van der Waals surface area contributed by atoms with E-state index in [0.29, 0.717) is 40.0 Å². The molecule has 4 rings (SSSR count). The van der Waals surface area contributed by atoms with Crippen molar-refractivity contribution in [3.05, 3.63) is 77.9 Å². The van der Waals surface area contributed by atoms with E-state index < -0.39 is 0 Å². The lowest BCUT2D eigenvalue weighted by atomic mass is 10.1. The third-order valence-electron chi connectivity index (χ3n) is 5.64. The number of ketones is 1. The van der Waals surface area contributed by atoms with Crippen molar-refractivity contribution in [3.63, 3.8) is 0 Å². The van der Waals surface area contributed by atoms with Crippen molar-refractivity contribution in [1.82, 2.24) is 10.2 Å². The monoisotopic (exact) mass is 561 g/mol. The molecule has 1 aromatic heterocycles. The molecular formula is C29H27N3O7S. The molecule has 0 aliphatic rings.